The molecule has 3 rings (SSSR count). The summed E-state index contributed by atoms with van der Waals surface area (Å²) in [6.07, 6.45) is 3.45. The molecule has 1 saturated carbocycles. The Morgan fingerprint density at radius 2 is 1.70 bits per heavy atom. The number of benzene rings is 2. The number of allylic oxidation sites excluding steroid dienone is 1. The van der Waals surface area contributed by atoms with Gasteiger partial charge < -0.3 is 10.6 Å². The van der Waals surface area contributed by atoms with Gasteiger partial charge >= 0.3 is 0 Å². The van der Waals surface area contributed by atoms with Gasteiger partial charge in [0.15, 0.2) is 0 Å². The van der Waals surface area contributed by atoms with Crippen LogP contribution in [0, 0.1) is 11.7 Å². The molecule has 1 unspecified atom stereocenters. The van der Waals surface area contributed by atoms with Gasteiger partial charge in [-0.05, 0) is 67.7 Å². The third kappa shape index (κ3) is 5.26. The van der Waals surface area contributed by atoms with Crippen LogP contribution in [0.3, 0.4) is 0 Å². The fraction of sp³-hybridized carbons (Fsp3) is 0.273. The summed E-state index contributed by atoms with van der Waals surface area (Å²) in [7, 11) is 0. The van der Waals surface area contributed by atoms with Gasteiger partial charge in [0, 0.05) is 17.7 Å². The number of amides is 2. The van der Waals surface area contributed by atoms with Crippen LogP contribution in [-0.2, 0) is 9.59 Å². The lowest BCUT2D eigenvalue weighted by atomic mass is 10.1. The molecule has 1 fully saturated rings. The number of hydrogen-bond acceptors (Lipinski definition) is 2. The molecule has 1 atom stereocenters. The second-order valence-electron chi connectivity index (χ2n) is 6.95. The molecule has 0 aliphatic heterocycles. The van der Waals surface area contributed by atoms with Crippen LogP contribution < -0.4 is 10.6 Å². The van der Waals surface area contributed by atoms with Crippen molar-refractivity contribution >= 4 is 23.1 Å². The molecule has 2 aromatic carbocycles. The number of anilines is 1. The number of rotatable bonds is 6. The van der Waals surface area contributed by atoms with E-state index in [4.69, 9.17) is 0 Å². The van der Waals surface area contributed by atoms with E-state index in [0.29, 0.717) is 0 Å². The largest absolute Gasteiger partial charge is 0.346 e. The van der Waals surface area contributed by atoms with Crippen LogP contribution in [0.2, 0.25) is 0 Å². The van der Waals surface area contributed by atoms with E-state index in [9.17, 15) is 14.0 Å². The van der Waals surface area contributed by atoms with E-state index in [0.717, 1.165) is 35.2 Å². The van der Waals surface area contributed by atoms with Crippen molar-refractivity contribution in [2.24, 2.45) is 5.92 Å². The van der Waals surface area contributed by atoms with E-state index in [1.807, 2.05) is 38.1 Å². The maximum Gasteiger partial charge on any atom is 0.244 e. The van der Waals surface area contributed by atoms with Crippen LogP contribution in [0.5, 0.6) is 0 Å². The molecule has 0 bridgehead atoms. The van der Waals surface area contributed by atoms with Crippen molar-refractivity contribution in [1.82, 2.24) is 5.32 Å². The number of halogens is 1. The Bertz CT molecular complexity index is 853. The average molecular weight is 366 g/mol. The first-order valence-corrected chi connectivity index (χ1v) is 9.08. The fourth-order valence-corrected chi connectivity index (χ4v) is 2.78. The zero-order chi connectivity index (χ0) is 19.4. The predicted molar refractivity (Wildman–Crippen MR) is 104 cm³/mol. The van der Waals surface area contributed by atoms with E-state index in [2.05, 4.69) is 10.6 Å². The molecule has 2 N–H and O–H groups in total. The Labute approximate surface area is 158 Å². The van der Waals surface area contributed by atoms with Gasteiger partial charge in [-0.3, -0.25) is 9.59 Å². The van der Waals surface area contributed by atoms with Crippen molar-refractivity contribution in [1.29, 1.82) is 0 Å². The third-order valence-corrected chi connectivity index (χ3v) is 4.63. The minimum atomic E-state index is -0.304. The lowest BCUT2D eigenvalue weighted by Crippen LogP contribution is -2.25. The monoisotopic (exact) mass is 366 g/mol. The van der Waals surface area contributed by atoms with Crippen LogP contribution in [0.4, 0.5) is 10.1 Å². The van der Waals surface area contributed by atoms with E-state index in [-0.39, 0.29) is 29.6 Å². The molecule has 5 heteroatoms. The molecule has 27 heavy (non-hydrogen) atoms. The van der Waals surface area contributed by atoms with Gasteiger partial charge in [-0.25, -0.2) is 4.39 Å². The Kier molecular flexibility index (Phi) is 5.69. The third-order valence-electron chi connectivity index (χ3n) is 4.63. The average Bonchev–Trinajstić information content (AvgIpc) is 3.48. The second kappa shape index (κ2) is 8.16. The maximum atomic E-state index is 13.0. The number of carbonyl (C=O) groups is 2. The van der Waals surface area contributed by atoms with Gasteiger partial charge in [-0.2, -0.15) is 0 Å². The summed E-state index contributed by atoms with van der Waals surface area (Å²) in [5.41, 5.74) is 3.27. The van der Waals surface area contributed by atoms with Crippen molar-refractivity contribution in [3.63, 3.8) is 0 Å². The number of carbonyl (C=O) groups excluding carboxylic acids is 2. The van der Waals surface area contributed by atoms with Crippen molar-refractivity contribution in [3.8, 4) is 0 Å². The summed E-state index contributed by atoms with van der Waals surface area (Å²) >= 11 is 0. The molecule has 0 radical (unpaired) electrons. The van der Waals surface area contributed by atoms with Crippen molar-refractivity contribution in [2.45, 2.75) is 32.7 Å². The quantitative estimate of drug-likeness (QED) is 0.742. The predicted octanol–water partition coefficient (Wildman–Crippen LogP) is 4.45. The summed E-state index contributed by atoms with van der Waals surface area (Å²) in [6.45, 7) is 3.71. The van der Waals surface area contributed by atoms with Crippen molar-refractivity contribution in [2.75, 3.05) is 5.32 Å². The van der Waals surface area contributed by atoms with Gasteiger partial charge in [0.1, 0.15) is 5.82 Å². The smallest absolute Gasteiger partial charge is 0.244 e. The Hall–Kier alpha value is -2.95. The van der Waals surface area contributed by atoms with E-state index in [1.165, 1.54) is 18.2 Å². The molecule has 1 aliphatic rings. The molecular weight excluding hydrogens is 343 g/mol. The molecule has 0 aromatic heterocycles. The molecular formula is C22H23FN2O2. The van der Waals surface area contributed by atoms with Gasteiger partial charge in [0.05, 0.1) is 6.04 Å². The molecule has 2 amide bonds. The van der Waals surface area contributed by atoms with E-state index in [1.54, 1.807) is 12.1 Å². The highest BCUT2D eigenvalue weighted by Gasteiger charge is 2.29. The molecule has 2 aromatic rings. The lowest BCUT2D eigenvalue weighted by molar-refractivity contribution is -0.118. The summed E-state index contributed by atoms with van der Waals surface area (Å²) in [6, 6.07) is 13.3. The molecule has 4 nitrogen and oxygen atoms in total. The van der Waals surface area contributed by atoms with Gasteiger partial charge in [0.2, 0.25) is 11.8 Å². The summed E-state index contributed by atoms with van der Waals surface area (Å²) < 4.78 is 13.0. The summed E-state index contributed by atoms with van der Waals surface area (Å²) in [4.78, 5) is 24.0. The van der Waals surface area contributed by atoms with Crippen molar-refractivity contribution in [3.05, 3.63) is 71.6 Å². The molecule has 140 valence electrons. The first kappa shape index (κ1) is 18.8. The van der Waals surface area contributed by atoms with Crippen LogP contribution in [-0.4, -0.2) is 11.8 Å². The normalized spacial score (nSPS) is 15.1. The van der Waals surface area contributed by atoms with Gasteiger partial charge in [0.25, 0.3) is 0 Å². The Morgan fingerprint density at radius 3 is 2.30 bits per heavy atom. The zero-order valence-electron chi connectivity index (χ0n) is 15.5. The highest BCUT2D eigenvalue weighted by Crippen LogP contribution is 2.30. The SMILES string of the molecule is C/C(=C\C(=O)NC(C)c1ccc(NC(=O)C2CC2)cc1)c1ccc(F)cc1. The Balaban J connectivity index is 1.57. The van der Waals surface area contributed by atoms with Gasteiger partial charge in [-0.15, -0.1) is 0 Å². The van der Waals surface area contributed by atoms with Crippen molar-refractivity contribution < 1.29 is 14.0 Å². The highest BCUT2D eigenvalue weighted by molar-refractivity contribution is 5.95. The maximum absolute atomic E-state index is 13.0. The van der Waals surface area contributed by atoms with Gasteiger partial charge in [-0.1, -0.05) is 24.3 Å². The lowest BCUT2D eigenvalue weighted by Gasteiger charge is -2.14. The Morgan fingerprint density at radius 1 is 1.07 bits per heavy atom. The number of hydrogen-bond donors (Lipinski definition) is 2. The molecule has 0 heterocycles. The topological polar surface area (TPSA) is 58.2 Å². The van der Waals surface area contributed by atoms with Crippen LogP contribution in [0.25, 0.3) is 5.57 Å². The van der Waals surface area contributed by atoms with E-state index < -0.39 is 0 Å². The molecule has 0 saturated heterocycles. The van der Waals surface area contributed by atoms with Crippen LogP contribution in [0.1, 0.15) is 43.9 Å². The van der Waals surface area contributed by atoms with Crippen LogP contribution >= 0.6 is 0 Å². The second-order valence-corrected chi connectivity index (χ2v) is 6.95. The minimum absolute atomic E-state index is 0.0745. The van der Waals surface area contributed by atoms with E-state index >= 15 is 0 Å². The molecule has 1 aliphatic carbocycles. The summed E-state index contributed by atoms with van der Waals surface area (Å²) in [5.74, 6) is -0.277. The summed E-state index contributed by atoms with van der Waals surface area (Å²) in [5, 5.41) is 5.82. The molecule has 0 spiro atoms. The fourth-order valence-electron chi connectivity index (χ4n) is 2.78. The standard InChI is InChI=1S/C22H23FN2O2/c1-14(16-5-9-19(23)10-6-16)13-21(26)24-15(2)17-7-11-20(12-8-17)25-22(27)18-3-4-18/h5-13,15,18H,3-4H2,1-2H3,(H,24,26)(H,25,27)/b14-13+. The highest BCUT2D eigenvalue weighted by atomic mass is 19.1. The number of nitrogens with one attached hydrogen (secondary N) is 2. The van der Waals surface area contributed by atoms with Crippen LogP contribution in [0.15, 0.2) is 54.6 Å². The first-order valence-electron chi connectivity index (χ1n) is 9.08. The first-order chi connectivity index (χ1) is 12.9. The minimum Gasteiger partial charge on any atom is -0.346 e. The zero-order valence-corrected chi connectivity index (χ0v) is 15.5.